The summed E-state index contributed by atoms with van der Waals surface area (Å²) in [6.07, 6.45) is 6.01. The van der Waals surface area contributed by atoms with Gasteiger partial charge in [-0.3, -0.25) is 0 Å². The Hall–Kier alpha value is 0.217. The second-order valence-corrected chi connectivity index (χ2v) is 9.18. The molecule has 0 aromatic heterocycles. The first-order valence-corrected chi connectivity index (χ1v) is 8.29. The molecular formula is C11H24Si. The molecule has 0 heterocycles. The molecule has 1 rings (SSSR count). The van der Waals surface area contributed by atoms with E-state index in [0.29, 0.717) is 5.41 Å². The Bertz CT molecular complexity index is 147. The molecular weight excluding hydrogens is 160 g/mol. The van der Waals surface area contributed by atoms with E-state index in [-0.39, 0.29) is 0 Å². The van der Waals surface area contributed by atoms with Gasteiger partial charge in [-0.05, 0) is 23.3 Å². The predicted octanol–water partition coefficient (Wildman–Crippen LogP) is 3.83. The molecule has 1 saturated carbocycles. The van der Waals surface area contributed by atoms with Gasteiger partial charge in [0.25, 0.3) is 0 Å². The van der Waals surface area contributed by atoms with Crippen LogP contribution in [0.3, 0.4) is 0 Å². The van der Waals surface area contributed by atoms with Gasteiger partial charge in [0.2, 0.25) is 0 Å². The van der Waals surface area contributed by atoms with Gasteiger partial charge in [0.05, 0.1) is 0 Å². The molecule has 1 aliphatic rings. The highest BCUT2D eigenvalue weighted by Gasteiger charge is 2.46. The van der Waals surface area contributed by atoms with Crippen LogP contribution in [0.2, 0.25) is 18.1 Å². The molecule has 0 radical (unpaired) electrons. The molecule has 0 unspecified atom stereocenters. The average molecular weight is 184 g/mol. The Morgan fingerprint density at radius 2 is 1.42 bits per heavy atom. The summed E-state index contributed by atoms with van der Waals surface area (Å²) >= 11 is 0. The van der Waals surface area contributed by atoms with Gasteiger partial charge >= 0.3 is 0 Å². The fraction of sp³-hybridized carbons (Fsp3) is 1.00. The third kappa shape index (κ3) is 1.48. The van der Waals surface area contributed by atoms with Crippen molar-refractivity contribution in [3.8, 4) is 0 Å². The van der Waals surface area contributed by atoms with E-state index in [2.05, 4.69) is 33.9 Å². The molecule has 1 aliphatic carbocycles. The van der Waals surface area contributed by atoms with Gasteiger partial charge in [-0.1, -0.05) is 46.7 Å². The molecule has 0 N–H and O–H groups in total. The summed E-state index contributed by atoms with van der Waals surface area (Å²) < 4.78 is 0. The molecule has 0 aromatic carbocycles. The fourth-order valence-electron chi connectivity index (χ4n) is 3.20. The van der Waals surface area contributed by atoms with Crippen LogP contribution in [0.5, 0.6) is 0 Å². The van der Waals surface area contributed by atoms with E-state index in [4.69, 9.17) is 0 Å². The quantitative estimate of drug-likeness (QED) is 0.543. The van der Waals surface area contributed by atoms with Crippen molar-refractivity contribution in [1.29, 1.82) is 0 Å². The van der Waals surface area contributed by atoms with Crippen LogP contribution in [0.25, 0.3) is 0 Å². The van der Waals surface area contributed by atoms with Gasteiger partial charge in [-0.15, -0.1) is 0 Å². The molecule has 72 valence electrons. The minimum Gasteiger partial charge on any atom is -0.0717 e. The first-order chi connectivity index (χ1) is 5.40. The molecule has 1 heteroatoms. The zero-order chi connectivity index (χ0) is 9.41. The van der Waals surface area contributed by atoms with E-state index in [1.807, 2.05) is 0 Å². The summed E-state index contributed by atoms with van der Waals surface area (Å²) in [5.74, 6) is 0. The number of hydrogen-bond donors (Lipinski definition) is 0. The second kappa shape index (κ2) is 3.17. The number of hydrogen-bond acceptors (Lipinski definition) is 0. The minimum absolute atomic E-state index is 0.484. The molecule has 1 fully saturated rings. The Kier molecular flexibility index (Phi) is 2.72. The summed E-state index contributed by atoms with van der Waals surface area (Å²) in [5.41, 5.74) is 0.559. The van der Waals surface area contributed by atoms with Crippen LogP contribution in [0, 0.1) is 5.41 Å². The molecule has 0 aliphatic heterocycles. The van der Waals surface area contributed by atoms with E-state index in [0.717, 1.165) is 5.04 Å². The third-order valence-electron chi connectivity index (χ3n) is 4.09. The first kappa shape index (κ1) is 10.3. The van der Waals surface area contributed by atoms with E-state index in [1.54, 1.807) is 0 Å². The lowest BCUT2D eigenvalue weighted by atomic mass is 9.78. The van der Waals surface area contributed by atoms with Gasteiger partial charge in [0, 0.05) is 8.80 Å². The van der Waals surface area contributed by atoms with Crippen LogP contribution in [-0.4, -0.2) is 8.80 Å². The van der Waals surface area contributed by atoms with Crippen molar-refractivity contribution >= 4 is 8.80 Å². The summed E-state index contributed by atoms with van der Waals surface area (Å²) in [6, 6.07) is 0. The molecule has 0 bridgehead atoms. The standard InChI is InChI=1S/C11H24Si/c1-10(2,3)11(12(4)5)8-6-7-9-11/h12H,6-9H2,1-5H3. The maximum atomic E-state index is 2.54. The van der Waals surface area contributed by atoms with E-state index >= 15 is 0 Å². The van der Waals surface area contributed by atoms with Crippen LogP contribution in [-0.2, 0) is 0 Å². The molecule has 0 atom stereocenters. The second-order valence-electron chi connectivity index (χ2n) is 5.77. The number of rotatable bonds is 1. The van der Waals surface area contributed by atoms with Crippen LogP contribution in [0.4, 0.5) is 0 Å². The lowest BCUT2D eigenvalue weighted by molar-refractivity contribution is 0.258. The van der Waals surface area contributed by atoms with Gasteiger partial charge in [0.15, 0.2) is 0 Å². The highest BCUT2D eigenvalue weighted by atomic mass is 28.3. The van der Waals surface area contributed by atoms with Crippen molar-refractivity contribution in [2.45, 2.75) is 64.6 Å². The predicted molar refractivity (Wildman–Crippen MR) is 59.5 cm³/mol. The highest BCUT2D eigenvalue weighted by Crippen LogP contribution is 2.59. The molecule has 0 aromatic rings. The Balaban J connectivity index is 2.87. The van der Waals surface area contributed by atoms with Gasteiger partial charge < -0.3 is 0 Å². The summed E-state index contributed by atoms with van der Waals surface area (Å²) in [5, 5.41) is 0.771. The van der Waals surface area contributed by atoms with E-state index in [9.17, 15) is 0 Å². The zero-order valence-corrected chi connectivity index (χ0v) is 10.6. The Morgan fingerprint density at radius 1 is 1.00 bits per heavy atom. The van der Waals surface area contributed by atoms with Crippen molar-refractivity contribution in [2.24, 2.45) is 5.41 Å². The van der Waals surface area contributed by atoms with Crippen molar-refractivity contribution < 1.29 is 0 Å². The Labute approximate surface area is 79.4 Å². The normalized spacial score (nSPS) is 23.5. The Morgan fingerprint density at radius 3 is 1.58 bits per heavy atom. The molecule has 0 spiro atoms. The van der Waals surface area contributed by atoms with Crippen LogP contribution < -0.4 is 0 Å². The van der Waals surface area contributed by atoms with Crippen molar-refractivity contribution in [3.05, 3.63) is 0 Å². The van der Waals surface area contributed by atoms with Crippen LogP contribution in [0.1, 0.15) is 46.5 Å². The summed E-state index contributed by atoms with van der Waals surface area (Å²) in [6.45, 7) is 12.4. The molecule has 0 nitrogen and oxygen atoms in total. The summed E-state index contributed by atoms with van der Waals surface area (Å²) in [7, 11) is -0.484. The first-order valence-electron chi connectivity index (χ1n) is 5.40. The monoisotopic (exact) mass is 184 g/mol. The third-order valence-corrected chi connectivity index (χ3v) is 7.75. The van der Waals surface area contributed by atoms with Gasteiger partial charge in [-0.25, -0.2) is 0 Å². The van der Waals surface area contributed by atoms with E-state index in [1.165, 1.54) is 25.7 Å². The van der Waals surface area contributed by atoms with Gasteiger partial charge in [-0.2, -0.15) is 0 Å². The van der Waals surface area contributed by atoms with Crippen molar-refractivity contribution in [3.63, 3.8) is 0 Å². The lowest BCUT2D eigenvalue weighted by Gasteiger charge is -2.45. The fourth-order valence-corrected chi connectivity index (χ4v) is 6.49. The van der Waals surface area contributed by atoms with Crippen LogP contribution >= 0.6 is 0 Å². The summed E-state index contributed by atoms with van der Waals surface area (Å²) in [4.78, 5) is 0. The van der Waals surface area contributed by atoms with Crippen LogP contribution in [0.15, 0.2) is 0 Å². The van der Waals surface area contributed by atoms with Crippen molar-refractivity contribution in [1.82, 2.24) is 0 Å². The molecule has 12 heavy (non-hydrogen) atoms. The lowest BCUT2D eigenvalue weighted by Crippen LogP contribution is -2.36. The maximum absolute atomic E-state index is 2.54. The maximum Gasteiger partial charge on any atom is 0.0378 e. The topological polar surface area (TPSA) is 0 Å². The highest BCUT2D eigenvalue weighted by molar-refractivity contribution is 6.59. The average Bonchev–Trinajstić information content (AvgIpc) is 2.31. The smallest absolute Gasteiger partial charge is 0.0378 e. The SMILES string of the molecule is C[SiH](C)C1(C(C)(C)C)CCCC1. The largest absolute Gasteiger partial charge is 0.0717 e. The van der Waals surface area contributed by atoms with Gasteiger partial charge in [0.1, 0.15) is 0 Å². The minimum atomic E-state index is -0.484. The molecule has 0 saturated heterocycles. The van der Waals surface area contributed by atoms with Crippen molar-refractivity contribution in [2.75, 3.05) is 0 Å². The molecule has 0 amide bonds. The van der Waals surface area contributed by atoms with E-state index < -0.39 is 8.80 Å². The zero-order valence-electron chi connectivity index (χ0n) is 9.41.